The first-order chi connectivity index (χ1) is 9.93. The van der Waals surface area contributed by atoms with Crippen LogP contribution in [0.2, 0.25) is 0 Å². The molecule has 8 heteroatoms. The zero-order valence-electron chi connectivity index (χ0n) is 11.5. The molecule has 0 saturated carbocycles. The van der Waals surface area contributed by atoms with Gasteiger partial charge in [0.2, 0.25) is 0 Å². The number of halogens is 1. The fourth-order valence-corrected chi connectivity index (χ4v) is 2.27. The first-order valence-electron chi connectivity index (χ1n) is 6.34. The standard InChI is InChI=1S/C13H16FN3O4/c1-21-12(18)11-9(14)6-8(7-10(11)15)16-2-4-17(5-3-16)13(19)20/h6-7H,2-5,15H2,1H3,(H,19,20). The Kier molecular flexibility index (Phi) is 4.15. The lowest BCUT2D eigenvalue weighted by atomic mass is 10.1. The summed E-state index contributed by atoms with van der Waals surface area (Å²) in [5, 5.41) is 8.88. The summed E-state index contributed by atoms with van der Waals surface area (Å²) < 4.78 is 18.5. The van der Waals surface area contributed by atoms with Crippen LogP contribution < -0.4 is 10.6 Å². The summed E-state index contributed by atoms with van der Waals surface area (Å²) in [7, 11) is 1.15. The SMILES string of the molecule is COC(=O)c1c(N)cc(N2CCN(C(=O)O)CC2)cc1F. The Morgan fingerprint density at radius 3 is 2.38 bits per heavy atom. The Hall–Kier alpha value is -2.51. The number of nitrogen functional groups attached to an aromatic ring is 1. The van der Waals surface area contributed by atoms with Gasteiger partial charge in [0.05, 0.1) is 12.8 Å². The first kappa shape index (κ1) is 14.9. The second-order valence-corrected chi connectivity index (χ2v) is 4.64. The van der Waals surface area contributed by atoms with Crippen molar-refractivity contribution in [2.75, 3.05) is 43.9 Å². The number of ether oxygens (including phenoxy) is 1. The molecule has 1 aliphatic rings. The number of amides is 1. The summed E-state index contributed by atoms with van der Waals surface area (Å²) >= 11 is 0. The molecule has 0 aromatic heterocycles. The van der Waals surface area contributed by atoms with Crippen molar-refractivity contribution in [3.63, 3.8) is 0 Å². The number of esters is 1. The number of anilines is 2. The van der Waals surface area contributed by atoms with Gasteiger partial charge >= 0.3 is 12.1 Å². The van der Waals surface area contributed by atoms with Crippen LogP contribution in [0.5, 0.6) is 0 Å². The third-order valence-corrected chi connectivity index (χ3v) is 3.41. The van der Waals surface area contributed by atoms with E-state index in [9.17, 15) is 14.0 Å². The molecule has 1 amide bonds. The van der Waals surface area contributed by atoms with Gasteiger partial charge in [0.15, 0.2) is 0 Å². The molecule has 1 fully saturated rings. The molecule has 1 heterocycles. The quantitative estimate of drug-likeness (QED) is 0.624. The summed E-state index contributed by atoms with van der Waals surface area (Å²) in [6.45, 7) is 1.52. The maximum absolute atomic E-state index is 14.0. The van der Waals surface area contributed by atoms with E-state index in [-0.39, 0.29) is 11.3 Å². The maximum Gasteiger partial charge on any atom is 0.407 e. The van der Waals surface area contributed by atoms with Crippen molar-refractivity contribution < 1.29 is 23.8 Å². The van der Waals surface area contributed by atoms with Gasteiger partial charge in [-0.2, -0.15) is 0 Å². The van der Waals surface area contributed by atoms with Crippen LogP contribution in [0.4, 0.5) is 20.6 Å². The Labute approximate surface area is 120 Å². The van der Waals surface area contributed by atoms with Gasteiger partial charge in [0, 0.05) is 31.9 Å². The predicted octanol–water partition coefficient (Wildman–Crippen LogP) is 0.995. The molecule has 3 N–H and O–H groups in total. The highest BCUT2D eigenvalue weighted by Crippen LogP contribution is 2.26. The van der Waals surface area contributed by atoms with Crippen molar-refractivity contribution in [3.05, 3.63) is 23.5 Å². The van der Waals surface area contributed by atoms with Crippen LogP contribution in [0.25, 0.3) is 0 Å². The van der Waals surface area contributed by atoms with Crippen molar-refractivity contribution in [3.8, 4) is 0 Å². The van der Waals surface area contributed by atoms with E-state index in [2.05, 4.69) is 4.74 Å². The highest BCUT2D eigenvalue weighted by molar-refractivity contribution is 5.96. The lowest BCUT2D eigenvalue weighted by Crippen LogP contribution is -2.48. The maximum atomic E-state index is 14.0. The van der Waals surface area contributed by atoms with E-state index in [1.165, 1.54) is 17.0 Å². The fraction of sp³-hybridized carbons (Fsp3) is 0.385. The predicted molar refractivity (Wildman–Crippen MR) is 74.0 cm³/mol. The van der Waals surface area contributed by atoms with Crippen LogP contribution >= 0.6 is 0 Å². The molecule has 1 aliphatic heterocycles. The summed E-state index contributed by atoms with van der Waals surface area (Å²) in [6, 6.07) is 2.70. The summed E-state index contributed by atoms with van der Waals surface area (Å²) in [5.41, 5.74) is 5.94. The molecule has 114 valence electrons. The second-order valence-electron chi connectivity index (χ2n) is 4.64. The summed E-state index contributed by atoms with van der Waals surface area (Å²) in [6.07, 6.45) is -0.971. The van der Waals surface area contributed by atoms with Crippen molar-refractivity contribution in [1.82, 2.24) is 4.90 Å². The Morgan fingerprint density at radius 2 is 1.90 bits per heavy atom. The van der Waals surface area contributed by atoms with E-state index in [1.807, 2.05) is 4.90 Å². The van der Waals surface area contributed by atoms with Crippen molar-refractivity contribution in [2.45, 2.75) is 0 Å². The molecular weight excluding hydrogens is 281 g/mol. The van der Waals surface area contributed by atoms with Crippen molar-refractivity contribution >= 4 is 23.4 Å². The zero-order chi connectivity index (χ0) is 15.6. The van der Waals surface area contributed by atoms with E-state index in [0.717, 1.165) is 7.11 Å². The van der Waals surface area contributed by atoms with Gasteiger partial charge in [0.1, 0.15) is 11.4 Å². The van der Waals surface area contributed by atoms with E-state index < -0.39 is 17.9 Å². The summed E-state index contributed by atoms with van der Waals surface area (Å²) in [4.78, 5) is 25.4. The van der Waals surface area contributed by atoms with E-state index >= 15 is 0 Å². The Balaban J connectivity index is 2.19. The number of methoxy groups -OCH3 is 1. The molecule has 0 bridgehead atoms. The topological polar surface area (TPSA) is 96.1 Å². The number of rotatable bonds is 2. The van der Waals surface area contributed by atoms with Crippen LogP contribution in [0.3, 0.4) is 0 Å². The number of nitrogens with zero attached hydrogens (tertiary/aromatic N) is 2. The van der Waals surface area contributed by atoms with Crippen LogP contribution in [-0.2, 0) is 4.74 Å². The van der Waals surface area contributed by atoms with Gasteiger partial charge in [-0.15, -0.1) is 0 Å². The van der Waals surface area contributed by atoms with Crippen molar-refractivity contribution in [2.24, 2.45) is 0 Å². The molecule has 0 atom stereocenters. The van der Waals surface area contributed by atoms with E-state index in [0.29, 0.717) is 31.9 Å². The Morgan fingerprint density at radius 1 is 1.29 bits per heavy atom. The molecule has 0 spiro atoms. The molecule has 2 rings (SSSR count). The minimum absolute atomic E-state index is 0.00230. The number of carbonyl (C=O) groups excluding carboxylic acids is 1. The van der Waals surface area contributed by atoms with Gasteiger partial charge in [-0.1, -0.05) is 0 Å². The van der Waals surface area contributed by atoms with E-state index in [1.54, 1.807) is 0 Å². The van der Waals surface area contributed by atoms with E-state index in [4.69, 9.17) is 10.8 Å². The van der Waals surface area contributed by atoms with Gasteiger partial charge in [0.25, 0.3) is 0 Å². The molecule has 0 unspecified atom stereocenters. The normalized spacial score (nSPS) is 15.0. The molecular formula is C13H16FN3O4. The lowest BCUT2D eigenvalue weighted by Gasteiger charge is -2.34. The third-order valence-electron chi connectivity index (χ3n) is 3.41. The minimum Gasteiger partial charge on any atom is -0.465 e. The summed E-state index contributed by atoms with van der Waals surface area (Å²) in [5.74, 6) is -1.58. The monoisotopic (exact) mass is 297 g/mol. The molecule has 7 nitrogen and oxygen atoms in total. The molecule has 1 saturated heterocycles. The van der Waals surface area contributed by atoms with Gasteiger partial charge in [-0.05, 0) is 12.1 Å². The molecule has 1 aromatic rings. The zero-order valence-corrected chi connectivity index (χ0v) is 11.5. The highest BCUT2D eigenvalue weighted by atomic mass is 19.1. The number of nitrogens with two attached hydrogens (primary N) is 1. The fourth-order valence-electron chi connectivity index (χ4n) is 2.27. The number of benzene rings is 1. The van der Waals surface area contributed by atoms with Gasteiger partial charge < -0.3 is 25.4 Å². The van der Waals surface area contributed by atoms with Crippen LogP contribution in [0.15, 0.2) is 12.1 Å². The van der Waals surface area contributed by atoms with Gasteiger partial charge in [-0.3, -0.25) is 0 Å². The number of carbonyl (C=O) groups is 2. The number of piperazine rings is 1. The largest absolute Gasteiger partial charge is 0.465 e. The average molecular weight is 297 g/mol. The smallest absolute Gasteiger partial charge is 0.407 e. The van der Waals surface area contributed by atoms with Crippen LogP contribution in [-0.4, -0.2) is 55.4 Å². The van der Waals surface area contributed by atoms with Crippen molar-refractivity contribution in [1.29, 1.82) is 0 Å². The second kappa shape index (κ2) is 5.86. The number of hydrogen-bond acceptors (Lipinski definition) is 5. The first-order valence-corrected chi connectivity index (χ1v) is 6.34. The number of carboxylic acid groups (broad SMARTS) is 1. The third kappa shape index (κ3) is 2.99. The lowest BCUT2D eigenvalue weighted by molar-refractivity contribution is 0.0596. The van der Waals surface area contributed by atoms with Crippen LogP contribution in [0, 0.1) is 5.82 Å². The number of hydrogen-bond donors (Lipinski definition) is 2. The average Bonchev–Trinajstić information content (AvgIpc) is 2.46. The minimum atomic E-state index is -0.971. The van der Waals surface area contributed by atoms with Crippen LogP contribution in [0.1, 0.15) is 10.4 Å². The highest BCUT2D eigenvalue weighted by Gasteiger charge is 2.23. The molecule has 21 heavy (non-hydrogen) atoms. The molecule has 0 radical (unpaired) electrons. The Bertz CT molecular complexity index is 548. The molecule has 1 aromatic carbocycles. The molecule has 0 aliphatic carbocycles. The van der Waals surface area contributed by atoms with Gasteiger partial charge in [-0.25, -0.2) is 14.0 Å².